The number of piperidine rings is 1. The summed E-state index contributed by atoms with van der Waals surface area (Å²) in [7, 11) is -3.47. The molecule has 1 N–H and O–H groups in total. The average molecular weight is 394 g/mol. The Hall–Kier alpha value is -1.44. The Morgan fingerprint density at radius 2 is 1.78 bits per heavy atom. The van der Waals surface area contributed by atoms with Crippen LogP contribution < -0.4 is 5.32 Å². The van der Waals surface area contributed by atoms with Crippen molar-refractivity contribution < 1.29 is 13.2 Å². The zero-order valence-corrected chi connectivity index (χ0v) is 17.2. The van der Waals surface area contributed by atoms with Crippen molar-refractivity contribution >= 4 is 15.9 Å². The van der Waals surface area contributed by atoms with E-state index < -0.39 is 10.0 Å². The molecule has 1 atom stereocenters. The number of hydrogen-bond donors (Lipinski definition) is 1. The molecule has 0 spiro atoms. The third kappa shape index (κ3) is 4.70. The zero-order chi connectivity index (χ0) is 19.4. The molecule has 0 bridgehead atoms. The Kier molecular flexibility index (Phi) is 6.55. The minimum atomic E-state index is -3.47. The monoisotopic (exact) mass is 393 g/mol. The Morgan fingerprint density at radius 1 is 1.11 bits per heavy atom. The number of hydrogen-bond acceptors (Lipinski definition) is 4. The Morgan fingerprint density at radius 3 is 2.41 bits per heavy atom. The van der Waals surface area contributed by atoms with Gasteiger partial charge in [-0.3, -0.25) is 9.69 Å². The molecule has 0 aromatic heterocycles. The van der Waals surface area contributed by atoms with E-state index in [4.69, 9.17) is 0 Å². The fraction of sp³-hybridized carbons (Fsp3) is 0.650. The predicted molar refractivity (Wildman–Crippen MR) is 106 cm³/mol. The number of rotatable bonds is 6. The Labute approximate surface area is 163 Å². The van der Waals surface area contributed by atoms with Crippen LogP contribution in [0.1, 0.15) is 38.2 Å². The van der Waals surface area contributed by atoms with Gasteiger partial charge in [0.15, 0.2) is 0 Å². The second-order valence-corrected chi connectivity index (χ2v) is 9.60. The lowest BCUT2D eigenvalue weighted by atomic mass is 9.97. The van der Waals surface area contributed by atoms with Crippen molar-refractivity contribution in [3.05, 3.63) is 29.8 Å². The third-order valence-electron chi connectivity index (χ3n) is 5.90. The lowest BCUT2D eigenvalue weighted by molar-refractivity contribution is -0.126. The van der Waals surface area contributed by atoms with E-state index >= 15 is 0 Å². The van der Waals surface area contributed by atoms with E-state index in [0.717, 1.165) is 25.1 Å². The lowest BCUT2D eigenvalue weighted by Crippen LogP contribution is -2.45. The lowest BCUT2D eigenvalue weighted by Gasteiger charge is -2.31. The van der Waals surface area contributed by atoms with Gasteiger partial charge in [0.2, 0.25) is 15.9 Å². The van der Waals surface area contributed by atoms with Crippen molar-refractivity contribution in [1.82, 2.24) is 14.5 Å². The predicted octanol–water partition coefficient (Wildman–Crippen LogP) is 2.00. The van der Waals surface area contributed by atoms with Crippen molar-refractivity contribution in [2.75, 3.05) is 32.7 Å². The van der Waals surface area contributed by atoms with Crippen LogP contribution >= 0.6 is 0 Å². The number of carbonyl (C=O) groups is 1. The number of benzene rings is 1. The van der Waals surface area contributed by atoms with Gasteiger partial charge in [-0.1, -0.05) is 24.6 Å². The van der Waals surface area contributed by atoms with Crippen LogP contribution in [0.3, 0.4) is 0 Å². The SMILES string of the molecule is CCN1CCC[C@H]1CNC(=O)C1CCN(S(=O)(=O)c2ccc(C)cc2)CC1. The zero-order valence-electron chi connectivity index (χ0n) is 16.4. The van der Waals surface area contributed by atoms with Gasteiger partial charge in [-0.15, -0.1) is 0 Å². The number of nitrogens with one attached hydrogen (secondary N) is 1. The molecule has 0 saturated carbocycles. The van der Waals surface area contributed by atoms with Crippen LogP contribution in [0.4, 0.5) is 0 Å². The van der Waals surface area contributed by atoms with E-state index in [2.05, 4.69) is 17.1 Å². The molecule has 7 heteroatoms. The van der Waals surface area contributed by atoms with E-state index in [9.17, 15) is 13.2 Å². The van der Waals surface area contributed by atoms with Gasteiger partial charge in [0.25, 0.3) is 0 Å². The third-order valence-corrected chi connectivity index (χ3v) is 7.81. The molecule has 0 aliphatic carbocycles. The topological polar surface area (TPSA) is 69.7 Å². The summed E-state index contributed by atoms with van der Waals surface area (Å²) in [5, 5.41) is 3.10. The molecule has 0 unspecified atom stereocenters. The van der Waals surface area contributed by atoms with Crippen LogP contribution in [0.25, 0.3) is 0 Å². The molecule has 1 aromatic rings. The summed E-state index contributed by atoms with van der Waals surface area (Å²) in [5.74, 6) is -0.0173. The molecule has 2 aliphatic heterocycles. The molecule has 6 nitrogen and oxygen atoms in total. The van der Waals surface area contributed by atoms with Crippen molar-refractivity contribution in [3.8, 4) is 0 Å². The minimum Gasteiger partial charge on any atom is -0.354 e. The summed E-state index contributed by atoms with van der Waals surface area (Å²) < 4.78 is 27.0. The fourth-order valence-corrected chi connectivity index (χ4v) is 5.59. The molecule has 27 heavy (non-hydrogen) atoms. The maximum Gasteiger partial charge on any atom is 0.243 e. The largest absolute Gasteiger partial charge is 0.354 e. The van der Waals surface area contributed by atoms with E-state index in [1.807, 2.05) is 19.1 Å². The maximum absolute atomic E-state index is 12.8. The van der Waals surface area contributed by atoms with Crippen molar-refractivity contribution in [3.63, 3.8) is 0 Å². The molecular weight excluding hydrogens is 362 g/mol. The van der Waals surface area contributed by atoms with Crippen LogP contribution in [0.15, 0.2) is 29.2 Å². The van der Waals surface area contributed by atoms with Gasteiger partial charge in [0.05, 0.1) is 4.90 Å². The van der Waals surface area contributed by atoms with Gasteiger partial charge in [0, 0.05) is 31.6 Å². The molecule has 2 aliphatic rings. The number of likely N-dealkylation sites (tertiary alicyclic amines) is 1. The summed E-state index contributed by atoms with van der Waals surface area (Å²) in [5.41, 5.74) is 1.04. The van der Waals surface area contributed by atoms with Gasteiger partial charge in [0.1, 0.15) is 0 Å². The van der Waals surface area contributed by atoms with Crippen LogP contribution in [0.2, 0.25) is 0 Å². The van der Waals surface area contributed by atoms with Gasteiger partial charge in [-0.2, -0.15) is 4.31 Å². The van der Waals surface area contributed by atoms with E-state index in [-0.39, 0.29) is 11.8 Å². The molecule has 1 aromatic carbocycles. The highest BCUT2D eigenvalue weighted by Crippen LogP contribution is 2.24. The number of sulfonamides is 1. The molecule has 2 heterocycles. The number of aryl methyl sites for hydroxylation is 1. The second-order valence-electron chi connectivity index (χ2n) is 7.66. The summed E-state index contributed by atoms with van der Waals surface area (Å²) in [6.45, 7) is 7.74. The van der Waals surface area contributed by atoms with Crippen LogP contribution in [-0.4, -0.2) is 62.3 Å². The number of nitrogens with zero attached hydrogens (tertiary/aromatic N) is 2. The molecule has 1 amide bonds. The number of likely N-dealkylation sites (N-methyl/N-ethyl adjacent to an activating group) is 1. The standard InChI is InChI=1S/C20H31N3O3S/c1-3-22-12-4-5-18(22)15-21-20(24)17-10-13-23(14-11-17)27(25,26)19-8-6-16(2)7-9-19/h6-9,17-18H,3-5,10-15H2,1-2H3,(H,21,24)/t18-/m0/s1. The summed E-state index contributed by atoms with van der Waals surface area (Å²) in [6, 6.07) is 7.39. The van der Waals surface area contributed by atoms with Gasteiger partial charge >= 0.3 is 0 Å². The quantitative estimate of drug-likeness (QED) is 0.803. The van der Waals surface area contributed by atoms with Gasteiger partial charge in [-0.05, 0) is 57.8 Å². The minimum absolute atomic E-state index is 0.0744. The highest BCUT2D eigenvalue weighted by molar-refractivity contribution is 7.89. The van der Waals surface area contributed by atoms with Crippen molar-refractivity contribution in [2.24, 2.45) is 5.92 Å². The number of carbonyl (C=O) groups excluding carboxylic acids is 1. The first-order valence-corrected chi connectivity index (χ1v) is 11.4. The number of amides is 1. The summed E-state index contributed by atoms with van der Waals surface area (Å²) in [4.78, 5) is 15.3. The normalized spacial score (nSPS) is 22.8. The van der Waals surface area contributed by atoms with Crippen LogP contribution in [0, 0.1) is 12.8 Å². The van der Waals surface area contributed by atoms with E-state index in [1.165, 1.54) is 10.7 Å². The fourth-order valence-electron chi connectivity index (χ4n) is 4.12. The first kappa shape index (κ1) is 20.3. The van der Waals surface area contributed by atoms with Crippen molar-refractivity contribution in [2.45, 2.75) is 50.5 Å². The van der Waals surface area contributed by atoms with Crippen LogP contribution in [0.5, 0.6) is 0 Å². The Balaban J connectivity index is 1.50. The van der Waals surface area contributed by atoms with E-state index in [0.29, 0.717) is 43.4 Å². The highest BCUT2D eigenvalue weighted by Gasteiger charge is 2.32. The Bertz CT molecular complexity index is 740. The van der Waals surface area contributed by atoms with Crippen LogP contribution in [-0.2, 0) is 14.8 Å². The van der Waals surface area contributed by atoms with Gasteiger partial charge in [-0.25, -0.2) is 8.42 Å². The van der Waals surface area contributed by atoms with Gasteiger partial charge < -0.3 is 5.32 Å². The second kappa shape index (κ2) is 8.71. The molecule has 2 fully saturated rings. The first-order chi connectivity index (χ1) is 12.9. The maximum atomic E-state index is 12.8. The highest BCUT2D eigenvalue weighted by atomic mass is 32.2. The molecule has 150 valence electrons. The van der Waals surface area contributed by atoms with Crippen molar-refractivity contribution in [1.29, 1.82) is 0 Å². The average Bonchev–Trinajstić information content (AvgIpc) is 3.14. The first-order valence-electron chi connectivity index (χ1n) is 10.0. The van der Waals surface area contributed by atoms with E-state index in [1.54, 1.807) is 12.1 Å². The smallest absolute Gasteiger partial charge is 0.243 e. The summed E-state index contributed by atoms with van der Waals surface area (Å²) in [6.07, 6.45) is 3.50. The molecule has 0 radical (unpaired) electrons. The summed E-state index contributed by atoms with van der Waals surface area (Å²) >= 11 is 0. The molecular formula is C20H31N3O3S. The molecule has 3 rings (SSSR count). The molecule has 2 saturated heterocycles.